The van der Waals surface area contributed by atoms with E-state index in [0.29, 0.717) is 18.8 Å². The molecule has 7 nitrogen and oxygen atoms in total. The largest absolute Gasteiger partial charge is 0.483 e. The molecule has 3 fully saturated rings. The number of alkyl halides is 2. The average Bonchev–Trinajstić information content (AvgIpc) is 2.83. The van der Waals surface area contributed by atoms with Gasteiger partial charge in [-0.05, 0) is 100 Å². The van der Waals surface area contributed by atoms with Gasteiger partial charge < -0.3 is 15.1 Å². The lowest BCUT2D eigenvalue weighted by Gasteiger charge is -2.41. The molecule has 0 atom stereocenters. The van der Waals surface area contributed by atoms with E-state index >= 15 is 0 Å². The molecule has 4 rings (SSSR count). The molecule has 0 unspecified atom stereocenters. The normalized spacial score (nSPS) is 22.5. The van der Waals surface area contributed by atoms with Crippen LogP contribution >= 0.6 is 0 Å². The maximum Gasteiger partial charge on any atom is 0.290 e. The number of piperidine rings is 2. The summed E-state index contributed by atoms with van der Waals surface area (Å²) in [6, 6.07) is 4.24. The van der Waals surface area contributed by atoms with Gasteiger partial charge in [-0.3, -0.25) is 19.5 Å². The molecule has 0 amide bonds. The Morgan fingerprint density at radius 2 is 1.29 bits per heavy atom. The zero-order chi connectivity index (χ0) is 24.8. The first kappa shape index (κ1) is 28.1. The third-order valence-corrected chi connectivity index (χ3v) is 7.44. The molecule has 0 aromatic carbocycles. The molecule has 192 valence electrons. The Bertz CT molecular complexity index is 679. The monoisotopic (exact) mass is 483 g/mol. The molecule has 1 aromatic rings. The van der Waals surface area contributed by atoms with Gasteiger partial charge in [0.1, 0.15) is 0 Å². The van der Waals surface area contributed by atoms with Gasteiger partial charge >= 0.3 is 0 Å². The first-order valence-corrected chi connectivity index (χ1v) is 12.3. The molecule has 0 spiro atoms. The van der Waals surface area contributed by atoms with E-state index in [1.54, 1.807) is 0 Å². The van der Waals surface area contributed by atoms with Crippen molar-refractivity contribution in [3.63, 3.8) is 0 Å². The second-order valence-electron chi connectivity index (χ2n) is 9.62. The summed E-state index contributed by atoms with van der Waals surface area (Å²) in [5.74, 6) is -0.151. The Labute approximate surface area is 201 Å². The fourth-order valence-corrected chi connectivity index (χ4v) is 5.58. The van der Waals surface area contributed by atoms with E-state index in [-0.39, 0.29) is 25.8 Å². The van der Waals surface area contributed by atoms with Gasteiger partial charge in [-0.15, -0.1) is 0 Å². The quantitative estimate of drug-likeness (QED) is 0.605. The number of nitrogens with zero attached hydrogens (tertiary/aromatic N) is 3. The van der Waals surface area contributed by atoms with E-state index in [1.165, 1.54) is 57.4 Å². The standard InChI is InChI=1S/C23H35F2N3.2CH2O2/c24-23(25)9-1-19(2-10-23)17-27-13-5-21(6-14-27)22-7-15-28(16-8-22)18-20-3-11-26-12-4-20;2*2-1-3/h3-4,11-12,19,21-22H,1-2,5-10,13-18H2;2*1H,(H,2,3). The van der Waals surface area contributed by atoms with Crippen molar-refractivity contribution in [3.05, 3.63) is 30.1 Å². The van der Waals surface area contributed by atoms with Gasteiger partial charge in [0.15, 0.2) is 0 Å². The molecule has 1 aromatic heterocycles. The lowest BCUT2D eigenvalue weighted by molar-refractivity contribution is -0.123. The number of pyridine rings is 1. The van der Waals surface area contributed by atoms with Crippen LogP contribution in [-0.2, 0) is 16.1 Å². The van der Waals surface area contributed by atoms with Crippen LogP contribution in [0.3, 0.4) is 0 Å². The van der Waals surface area contributed by atoms with Crippen LogP contribution in [0.25, 0.3) is 0 Å². The van der Waals surface area contributed by atoms with Crippen LogP contribution in [0.2, 0.25) is 0 Å². The van der Waals surface area contributed by atoms with Gasteiger partial charge in [0.2, 0.25) is 5.92 Å². The van der Waals surface area contributed by atoms with Gasteiger partial charge in [-0.25, -0.2) is 8.78 Å². The number of aromatic nitrogens is 1. The molecule has 0 bridgehead atoms. The smallest absolute Gasteiger partial charge is 0.290 e. The number of hydrogen-bond donors (Lipinski definition) is 2. The SMILES string of the molecule is FC1(F)CCC(CN2CCC(C3CCN(Cc4ccncc4)CC3)CC2)CC1.O=CO.O=CO. The van der Waals surface area contributed by atoms with Crippen LogP contribution in [-0.4, -0.2) is 76.6 Å². The zero-order valence-corrected chi connectivity index (χ0v) is 19.9. The highest BCUT2D eigenvalue weighted by atomic mass is 19.3. The molecular formula is C25H39F2N3O4. The van der Waals surface area contributed by atoms with Crippen molar-refractivity contribution in [2.24, 2.45) is 17.8 Å². The van der Waals surface area contributed by atoms with E-state index in [9.17, 15) is 8.78 Å². The number of hydrogen-bond acceptors (Lipinski definition) is 5. The molecule has 34 heavy (non-hydrogen) atoms. The minimum atomic E-state index is -2.39. The van der Waals surface area contributed by atoms with E-state index in [4.69, 9.17) is 19.8 Å². The van der Waals surface area contributed by atoms with Crippen molar-refractivity contribution in [1.82, 2.24) is 14.8 Å². The zero-order valence-electron chi connectivity index (χ0n) is 19.9. The maximum atomic E-state index is 13.3. The molecule has 3 heterocycles. The molecule has 1 aliphatic carbocycles. The Morgan fingerprint density at radius 1 is 0.853 bits per heavy atom. The van der Waals surface area contributed by atoms with E-state index in [1.807, 2.05) is 12.4 Å². The van der Waals surface area contributed by atoms with E-state index < -0.39 is 5.92 Å². The summed E-state index contributed by atoms with van der Waals surface area (Å²) in [5.41, 5.74) is 1.36. The number of rotatable bonds is 5. The van der Waals surface area contributed by atoms with Crippen LogP contribution in [0.5, 0.6) is 0 Å². The molecule has 2 N–H and O–H groups in total. The Morgan fingerprint density at radius 3 is 1.76 bits per heavy atom. The number of carbonyl (C=O) groups is 2. The van der Waals surface area contributed by atoms with Crippen LogP contribution in [0.15, 0.2) is 24.5 Å². The first-order valence-electron chi connectivity index (χ1n) is 12.3. The highest BCUT2D eigenvalue weighted by molar-refractivity contribution is 5.33. The Balaban J connectivity index is 0.000000618. The third-order valence-electron chi connectivity index (χ3n) is 7.44. The van der Waals surface area contributed by atoms with Crippen molar-refractivity contribution in [1.29, 1.82) is 0 Å². The highest BCUT2D eigenvalue weighted by Gasteiger charge is 2.36. The lowest BCUT2D eigenvalue weighted by atomic mass is 9.78. The maximum absolute atomic E-state index is 13.3. The fourth-order valence-electron chi connectivity index (χ4n) is 5.58. The van der Waals surface area contributed by atoms with Crippen LogP contribution in [0.4, 0.5) is 8.78 Å². The molecule has 9 heteroatoms. The van der Waals surface area contributed by atoms with E-state index in [2.05, 4.69) is 26.9 Å². The van der Waals surface area contributed by atoms with Crippen molar-refractivity contribution in [2.45, 2.75) is 63.8 Å². The number of likely N-dealkylation sites (tertiary alicyclic amines) is 2. The minimum Gasteiger partial charge on any atom is -0.483 e. The van der Waals surface area contributed by atoms with Gasteiger partial charge in [0.05, 0.1) is 0 Å². The van der Waals surface area contributed by atoms with Crippen LogP contribution < -0.4 is 0 Å². The van der Waals surface area contributed by atoms with E-state index in [0.717, 1.165) is 24.9 Å². The summed E-state index contributed by atoms with van der Waals surface area (Å²) in [7, 11) is 0. The predicted molar refractivity (Wildman–Crippen MR) is 126 cm³/mol. The fraction of sp³-hybridized carbons (Fsp3) is 0.720. The number of halogens is 2. The molecule has 3 aliphatic rings. The molecule has 0 radical (unpaired) electrons. The molecule has 1 saturated carbocycles. The Hall–Kier alpha value is -2.13. The summed E-state index contributed by atoms with van der Waals surface area (Å²) < 4.78 is 26.7. The van der Waals surface area contributed by atoms with Gasteiger partial charge in [-0.1, -0.05) is 0 Å². The average molecular weight is 484 g/mol. The third kappa shape index (κ3) is 10.0. The van der Waals surface area contributed by atoms with Crippen molar-refractivity contribution in [2.75, 3.05) is 32.7 Å². The van der Waals surface area contributed by atoms with Crippen molar-refractivity contribution in [3.8, 4) is 0 Å². The second kappa shape index (κ2) is 15.0. The topological polar surface area (TPSA) is 94.0 Å². The minimum absolute atomic E-state index is 0.103. The predicted octanol–water partition coefficient (Wildman–Crippen LogP) is 4.23. The van der Waals surface area contributed by atoms with Gasteiger partial charge in [0, 0.05) is 38.3 Å². The molecule has 2 aliphatic heterocycles. The summed E-state index contributed by atoms with van der Waals surface area (Å²) in [6.07, 6.45) is 10.7. The summed E-state index contributed by atoms with van der Waals surface area (Å²) in [4.78, 5) is 26.0. The van der Waals surface area contributed by atoms with Gasteiger partial charge in [0.25, 0.3) is 12.9 Å². The van der Waals surface area contributed by atoms with Gasteiger partial charge in [-0.2, -0.15) is 0 Å². The summed E-state index contributed by atoms with van der Waals surface area (Å²) >= 11 is 0. The Kier molecular flexibility index (Phi) is 12.4. The van der Waals surface area contributed by atoms with Crippen LogP contribution in [0.1, 0.15) is 56.9 Å². The van der Waals surface area contributed by atoms with Crippen LogP contribution in [0, 0.1) is 17.8 Å². The molecule has 2 saturated heterocycles. The lowest BCUT2D eigenvalue weighted by Crippen LogP contribution is -2.42. The van der Waals surface area contributed by atoms with Crippen molar-refractivity contribution >= 4 is 12.9 Å². The highest BCUT2D eigenvalue weighted by Crippen LogP contribution is 2.37. The summed E-state index contributed by atoms with van der Waals surface area (Å²) in [5, 5.41) is 13.8. The first-order chi connectivity index (χ1) is 16.4. The molecular weight excluding hydrogens is 444 g/mol. The second-order valence-corrected chi connectivity index (χ2v) is 9.62. The van der Waals surface area contributed by atoms with Crippen molar-refractivity contribution < 1.29 is 28.6 Å². The number of carboxylic acid groups (broad SMARTS) is 2. The summed E-state index contributed by atoms with van der Waals surface area (Å²) in [6.45, 7) is 6.37.